The number of aromatic carboxylic acids is 1. The minimum Gasteiger partial charge on any atom is -0.477 e. The van der Waals surface area contributed by atoms with Gasteiger partial charge >= 0.3 is 5.97 Å². The molecule has 0 spiro atoms. The highest BCUT2D eigenvalue weighted by molar-refractivity contribution is 9.10. The summed E-state index contributed by atoms with van der Waals surface area (Å²) in [6.07, 6.45) is 0. The van der Waals surface area contributed by atoms with Gasteiger partial charge in [0.2, 0.25) is 0 Å². The molecule has 0 radical (unpaired) electrons. The number of fused-ring (bicyclic) bond motifs is 1. The first kappa shape index (κ1) is 13.8. The van der Waals surface area contributed by atoms with E-state index in [4.69, 9.17) is 0 Å². The fourth-order valence-corrected chi connectivity index (χ4v) is 2.93. The predicted molar refractivity (Wildman–Crippen MR) is 83.1 cm³/mol. The van der Waals surface area contributed by atoms with E-state index in [0.717, 1.165) is 20.9 Å². The van der Waals surface area contributed by atoms with Gasteiger partial charge in [0.15, 0.2) is 0 Å². The monoisotopic (exact) mass is 347 g/mol. The highest BCUT2D eigenvalue weighted by Gasteiger charge is 2.21. The Morgan fingerprint density at radius 2 is 1.86 bits per heavy atom. The number of benzene rings is 2. The summed E-state index contributed by atoms with van der Waals surface area (Å²) in [5, 5.41) is 10.3. The zero-order valence-electron chi connectivity index (χ0n) is 11.1. The van der Waals surface area contributed by atoms with Crippen molar-refractivity contribution in [3.63, 3.8) is 0 Å². The topological polar surface area (TPSA) is 53.1 Å². The number of H-pyrrole nitrogens is 1. The summed E-state index contributed by atoms with van der Waals surface area (Å²) < 4.78 is 13.9. The number of hydrogen-bond donors (Lipinski definition) is 2. The fourth-order valence-electron chi connectivity index (χ4n) is 2.50. The average Bonchev–Trinajstić information content (AvgIpc) is 2.86. The normalized spacial score (nSPS) is 11.0. The molecule has 21 heavy (non-hydrogen) atoms. The summed E-state index contributed by atoms with van der Waals surface area (Å²) in [6.45, 7) is 1.92. The molecule has 0 atom stereocenters. The molecule has 0 bridgehead atoms. The summed E-state index contributed by atoms with van der Waals surface area (Å²) in [5.74, 6) is -1.40. The molecule has 3 aromatic rings. The third-order valence-corrected chi connectivity index (χ3v) is 4.12. The Bertz CT molecular complexity index is 853. The fraction of sp³-hybridized carbons (Fsp3) is 0.0625. The third-order valence-electron chi connectivity index (χ3n) is 3.46. The molecule has 0 aliphatic carbocycles. The van der Waals surface area contributed by atoms with Gasteiger partial charge in [-0.25, -0.2) is 9.18 Å². The number of hydrogen-bond acceptors (Lipinski definition) is 1. The Morgan fingerprint density at radius 1 is 1.19 bits per heavy atom. The van der Waals surface area contributed by atoms with Crippen molar-refractivity contribution < 1.29 is 14.3 Å². The molecule has 5 heteroatoms. The molecule has 0 fully saturated rings. The zero-order valence-corrected chi connectivity index (χ0v) is 12.7. The van der Waals surface area contributed by atoms with Gasteiger partial charge in [-0.3, -0.25) is 0 Å². The molecule has 0 saturated carbocycles. The van der Waals surface area contributed by atoms with Crippen molar-refractivity contribution >= 4 is 32.8 Å². The molecular weight excluding hydrogens is 337 g/mol. The molecule has 2 N–H and O–H groups in total. The van der Waals surface area contributed by atoms with Crippen molar-refractivity contribution in [3.8, 4) is 11.1 Å². The van der Waals surface area contributed by atoms with Gasteiger partial charge in [-0.15, -0.1) is 0 Å². The Labute approximate surface area is 128 Å². The Balaban J connectivity index is 2.44. The summed E-state index contributed by atoms with van der Waals surface area (Å²) >= 11 is 3.43. The number of aromatic nitrogens is 1. The van der Waals surface area contributed by atoms with E-state index in [1.54, 1.807) is 12.1 Å². The molecular formula is C16H11BrFNO2. The number of aryl methyl sites for hydroxylation is 1. The van der Waals surface area contributed by atoms with Crippen LogP contribution in [0.15, 0.2) is 40.9 Å². The van der Waals surface area contributed by atoms with Gasteiger partial charge in [0.1, 0.15) is 11.5 Å². The van der Waals surface area contributed by atoms with Gasteiger partial charge in [0.05, 0.1) is 5.52 Å². The van der Waals surface area contributed by atoms with Gasteiger partial charge in [-0.1, -0.05) is 18.2 Å². The van der Waals surface area contributed by atoms with Crippen LogP contribution in [-0.4, -0.2) is 16.1 Å². The second-order valence-corrected chi connectivity index (χ2v) is 5.66. The van der Waals surface area contributed by atoms with Crippen LogP contribution in [0.4, 0.5) is 4.39 Å². The van der Waals surface area contributed by atoms with E-state index in [-0.39, 0.29) is 11.5 Å². The molecule has 0 aliphatic rings. The van der Waals surface area contributed by atoms with Crippen LogP contribution in [0.3, 0.4) is 0 Å². The number of aromatic amines is 1. The first-order valence-electron chi connectivity index (χ1n) is 6.29. The Hall–Kier alpha value is -2.14. The van der Waals surface area contributed by atoms with Crippen molar-refractivity contribution in [2.45, 2.75) is 6.92 Å². The molecule has 106 valence electrons. The molecule has 0 amide bonds. The summed E-state index contributed by atoms with van der Waals surface area (Å²) in [5.41, 5.74) is 3.03. The zero-order chi connectivity index (χ0) is 15.1. The maximum atomic E-state index is 13.1. The summed E-state index contributed by atoms with van der Waals surface area (Å²) in [4.78, 5) is 14.5. The van der Waals surface area contributed by atoms with Crippen LogP contribution in [-0.2, 0) is 0 Å². The number of carbonyl (C=O) groups is 1. The number of nitrogens with one attached hydrogen (secondary N) is 1. The van der Waals surface area contributed by atoms with Gasteiger partial charge in [0.25, 0.3) is 0 Å². The van der Waals surface area contributed by atoms with E-state index in [1.165, 1.54) is 12.1 Å². The quantitative estimate of drug-likeness (QED) is 0.703. The van der Waals surface area contributed by atoms with Crippen LogP contribution >= 0.6 is 15.9 Å². The van der Waals surface area contributed by atoms with E-state index < -0.39 is 5.97 Å². The number of halogens is 2. The number of rotatable bonds is 2. The van der Waals surface area contributed by atoms with E-state index >= 15 is 0 Å². The molecule has 2 aromatic carbocycles. The SMILES string of the molecule is Cc1ccc(Br)c2[nH]c(C(=O)O)c(-c3ccc(F)cc3)c12. The lowest BCUT2D eigenvalue weighted by atomic mass is 9.99. The van der Waals surface area contributed by atoms with Crippen LogP contribution in [0.1, 0.15) is 16.1 Å². The number of carboxylic acids is 1. The highest BCUT2D eigenvalue weighted by atomic mass is 79.9. The van der Waals surface area contributed by atoms with Gasteiger partial charge in [0, 0.05) is 15.4 Å². The Morgan fingerprint density at radius 3 is 2.48 bits per heavy atom. The molecule has 0 saturated heterocycles. The molecule has 1 heterocycles. The standard InChI is InChI=1S/C16H11BrFNO2/c1-8-2-7-11(17)14-12(8)13(15(19-14)16(20)21)9-3-5-10(18)6-4-9/h2-7,19H,1H3,(H,20,21). The molecule has 0 aliphatic heterocycles. The largest absolute Gasteiger partial charge is 0.477 e. The van der Waals surface area contributed by atoms with Crippen molar-refractivity contribution in [3.05, 3.63) is 57.9 Å². The first-order chi connectivity index (χ1) is 9.99. The van der Waals surface area contributed by atoms with Gasteiger partial charge in [-0.05, 0) is 52.2 Å². The van der Waals surface area contributed by atoms with Gasteiger partial charge < -0.3 is 10.1 Å². The lowest BCUT2D eigenvalue weighted by Crippen LogP contribution is -1.98. The first-order valence-corrected chi connectivity index (χ1v) is 7.08. The number of carboxylic acid groups (broad SMARTS) is 1. The minimum atomic E-state index is -1.04. The average molecular weight is 348 g/mol. The summed E-state index contributed by atoms with van der Waals surface area (Å²) in [7, 11) is 0. The van der Waals surface area contributed by atoms with Crippen LogP contribution in [0.5, 0.6) is 0 Å². The van der Waals surface area contributed by atoms with E-state index in [9.17, 15) is 14.3 Å². The predicted octanol–water partition coefficient (Wildman–Crippen LogP) is 4.74. The van der Waals surface area contributed by atoms with Crippen LogP contribution in [0, 0.1) is 12.7 Å². The van der Waals surface area contributed by atoms with E-state index in [0.29, 0.717) is 11.1 Å². The second-order valence-electron chi connectivity index (χ2n) is 4.80. The van der Waals surface area contributed by atoms with Crippen molar-refractivity contribution in [2.75, 3.05) is 0 Å². The van der Waals surface area contributed by atoms with Crippen molar-refractivity contribution in [2.24, 2.45) is 0 Å². The minimum absolute atomic E-state index is 0.103. The van der Waals surface area contributed by atoms with Crippen LogP contribution < -0.4 is 0 Å². The van der Waals surface area contributed by atoms with Gasteiger partial charge in [-0.2, -0.15) is 0 Å². The van der Waals surface area contributed by atoms with Crippen molar-refractivity contribution in [1.82, 2.24) is 4.98 Å². The highest BCUT2D eigenvalue weighted by Crippen LogP contribution is 2.37. The van der Waals surface area contributed by atoms with E-state index in [1.807, 2.05) is 19.1 Å². The van der Waals surface area contributed by atoms with Crippen LogP contribution in [0.25, 0.3) is 22.0 Å². The second kappa shape index (κ2) is 5.00. The lowest BCUT2D eigenvalue weighted by Gasteiger charge is -2.05. The van der Waals surface area contributed by atoms with E-state index in [2.05, 4.69) is 20.9 Å². The summed E-state index contributed by atoms with van der Waals surface area (Å²) in [6, 6.07) is 9.61. The maximum Gasteiger partial charge on any atom is 0.352 e. The smallest absolute Gasteiger partial charge is 0.352 e. The molecule has 3 rings (SSSR count). The molecule has 0 unspecified atom stereocenters. The van der Waals surface area contributed by atoms with Crippen LogP contribution in [0.2, 0.25) is 0 Å². The van der Waals surface area contributed by atoms with Crippen molar-refractivity contribution in [1.29, 1.82) is 0 Å². The molecule has 1 aromatic heterocycles. The Kier molecular flexibility index (Phi) is 3.29. The third kappa shape index (κ3) is 2.23. The molecule has 3 nitrogen and oxygen atoms in total. The lowest BCUT2D eigenvalue weighted by molar-refractivity contribution is 0.0692. The maximum absolute atomic E-state index is 13.1.